The first-order chi connectivity index (χ1) is 21.2. The van der Waals surface area contributed by atoms with Crippen LogP contribution in [0.2, 0.25) is 0 Å². The van der Waals surface area contributed by atoms with Crippen molar-refractivity contribution in [1.29, 1.82) is 5.26 Å². The molecule has 0 aliphatic heterocycles. The maximum Gasteiger partial charge on any atom is 0.229 e. The van der Waals surface area contributed by atoms with E-state index >= 15 is 0 Å². The predicted molar refractivity (Wildman–Crippen MR) is 171 cm³/mol. The number of pyridine rings is 1. The summed E-state index contributed by atoms with van der Waals surface area (Å²) in [6.45, 7) is 7.65. The Morgan fingerprint density at radius 1 is 0.628 bits per heavy atom. The summed E-state index contributed by atoms with van der Waals surface area (Å²) in [6.07, 6.45) is 0. The lowest BCUT2D eigenvalue weighted by Gasteiger charge is -2.11. The quantitative estimate of drug-likeness (QED) is 0.202. The van der Waals surface area contributed by atoms with E-state index in [1.807, 2.05) is 72.8 Å². The predicted octanol–water partition coefficient (Wildman–Crippen LogP) is 9.60. The smallest absolute Gasteiger partial charge is 0.229 e. The lowest BCUT2D eigenvalue weighted by molar-refractivity contribution is 0.671. The van der Waals surface area contributed by atoms with Crippen LogP contribution in [-0.4, -0.2) is 14.1 Å². The Morgan fingerprint density at radius 2 is 1.28 bits per heavy atom. The molecule has 4 heterocycles. The summed E-state index contributed by atoms with van der Waals surface area (Å²) in [5, 5.41) is 15.7. The third-order valence-corrected chi connectivity index (χ3v) is 8.38. The molecule has 0 aliphatic rings. The van der Waals surface area contributed by atoms with Gasteiger partial charge in [0.05, 0.1) is 40.3 Å². The van der Waals surface area contributed by atoms with E-state index in [1.54, 1.807) is 6.07 Å². The van der Waals surface area contributed by atoms with Crippen molar-refractivity contribution >= 4 is 71.2 Å². The molecule has 9 aromatic rings. The molecule has 0 saturated carbocycles. The summed E-state index contributed by atoms with van der Waals surface area (Å²) in [7, 11) is 0. The number of hydrogen-bond acceptors (Lipinski definition) is 3. The van der Waals surface area contributed by atoms with Gasteiger partial charge in [-0.3, -0.25) is 9.13 Å². The first-order valence-electron chi connectivity index (χ1n) is 13.9. The van der Waals surface area contributed by atoms with E-state index in [1.165, 1.54) is 0 Å². The molecule has 9 rings (SSSR count). The standard InChI is InChI=1S/C37H19N5O/c1-39-27-11-6-10-25-36-32(43-37(25)27)19-18-31-35(36)24-9-3-5-13-29(24)42(31)34-15-7-14-33(40-34)41-28-12-4-2-8-23(28)26-20-22(21-38)16-17-30(26)41/h2-20H. The van der Waals surface area contributed by atoms with Crippen LogP contribution < -0.4 is 0 Å². The summed E-state index contributed by atoms with van der Waals surface area (Å²) >= 11 is 0. The van der Waals surface area contributed by atoms with E-state index in [4.69, 9.17) is 16.0 Å². The minimum atomic E-state index is 0.507. The molecule has 6 nitrogen and oxygen atoms in total. The highest BCUT2D eigenvalue weighted by Crippen LogP contribution is 2.43. The second kappa shape index (κ2) is 8.57. The molecule has 0 unspecified atom stereocenters. The third-order valence-electron chi connectivity index (χ3n) is 8.38. The van der Waals surface area contributed by atoms with Gasteiger partial charge in [-0.25, -0.2) is 9.83 Å². The number of aromatic nitrogens is 3. The number of para-hydroxylation sites is 3. The summed E-state index contributed by atoms with van der Waals surface area (Å²) < 4.78 is 10.6. The van der Waals surface area contributed by atoms with Crippen LogP contribution in [0.3, 0.4) is 0 Å². The van der Waals surface area contributed by atoms with Crippen LogP contribution in [0.4, 0.5) is 5.69 Å². The minimum Gasteiger partial charge on any atom is -0.467 e. The Morgan fingerprint density at radius 3 is 2.07 bits per heavy atom. The van der Waals surface area contributed by atoms with Crippen LogP contribution in [0.5, 0.6) is 0 Å². The van der Waals surface area contributed by atoms with Crippen molar-refractivity contribution in [3.8, 4) is 17.7 Å². The zero-order valence-corrected chi connectivity index (χ0v) is 22.6. The van der Waals surface area contributed by atoms with Crippen molar-refractivity contribution in [1.82, 2.24) is 14.1 Å². The highest BCUT2D eigenvalue weighted by atomic mass is 16.3. The van der Waals surface area contributed by atoms with Crippen LogP contribution in [0, 0.1) is 17.9 Å². The third kappa shape index (κ3) is 3.12. The van der Waals surface area contributed by atoms with Gasteiger partial charge in [-0.2, -0.15) is 5.26 Å². The van der Waals surface area contributed by atoms with Gasteiger partial charge in [0, 0.05) is 32.3 Å². The fourth-order valence-electron chi connectivity index (χ4n) is 6.62. The fraction of sp³-hybridized carbons (Fsp3) is 0. The van der Waals surface area contributed by atoms with Gasteiger partial charge in [0.1, 0.15) is 22.8 Å². The molecule has 198 valence electrons. The molecular formula is C37H19N5O. The first-order valence-corrected chi connectivity index (χ1v) is 13.9. The molecule has 0 aliphatic carbocycles. The van der Waals surface area contributed by atoms with Crippen LogP contribution in [0.1, 0.15) is 5.56 Å². The monoisotopic (exact) mass is 549 g/mol. The minimum absolute atomic E-state index is 0.507. The summed E-state index contributed by atoms with van der Waals surface area (Å²) in [4.78, 5) is 8.95. The number of rotatable bonds is 2. The highest BCUT2D eigenvalue weighted by molar-refractivity contribution is 6.28. The number of hydrogen-bond donors (Lipinski definition) is 0. The Kier molecular flexibility index (Phi) is 4.65. The van der Waals surface area contributed by atoms with E-state index in [2.05, 4.69) is 56.4 Å². The number of furan rings is 1. The van der Waals surface area contributed by atoms with Gasteiger partial charge in [0.2, 0.25) is 5.69 Å². The lowest BCUT2D eigenvalue weighted by Crippen LogP contribution is -2.03. The molecular weight excluding hydrogens is 530 g/mol. The number of nitriles is 1. The van der Waals surface area contributed by atoms with Crippen molar-refractivity contribution in [2.24, 2.45) is 0 Å². The van der Waals surface area contributed by atoms with E-state index in [0.717, 1.165) is 71.6 Å². The van der Waals surface area contributed by atoms with Gasteiger partial charge in [0.25, 0.3) is 0 Å². The molecule has 6 heteroatoms. The molecule has 0 N–H and O–H groups in total. The normalized spacial score (nSPS) is 11.7. The van der Waals surface area contributed by atoms with Crippen LogP contribution in [0.25, 0.3) is 82.0 Å². The average Bonchev–Trinajstić information content (AvgIpc) is 3.72. The molecule has 0 fully saturated rings. The zero-order valence-electron chi connectivity index (χ0n) is 22.6. The molecule has 0 atom stereocenters. The number of nitrogens with zero attached hydrogens (tertiary/aromatic N) is 5. The fourth-order valence-corrected chi connectivity index (χ4v) is 6.62. The Balaban J connectivity index is 1.36. The summed E-state index contributed by atoms with van der Waals surface area (Å²) in [5.41, 5.74) is 6.57. The van der Waals surface area contributed by atoms with Gasteiger partial charge in [0.15, 0.2) is 0 Å². The van der Waals surface area contributed by atoms with Gasteiger partial charge >= 0.3 is 0 Å². The maximum atomic E-state index is 9.55. The molecule has 0 radical (unpaired) electrons. The molecule has 5 aromatic carbocycles. The van der Waals surface area contributed by atoms with Crippen LogP contribution >= 0.6 is 0 Å². The zero-order chi connectivity index (χ0) is 28.7. The maximum absolute atomic E-state index is 9.55. The van der Waals surface area contributed by atoms with Crippen molar-refractivity contribution in [3.63, 3.8) is 0 Å². The van der Waals surface area contributed by atoms with E-state index in [0.29, 0.717) is 16.8 Å². The Labute approximate surface area is 244 Å². The van der Waals surface area contributed by atoms with Crippen LogP contribution in [-0.2, 0) is 0 Å². The lowest BCUT2D eigenvalue weighted by atomic mass is 10.1. The summed E-state index contributed by atoms with van der Waals surface area (Å²) in [5.74, 6) is 1.58. The second-order valence-corrected chi connectivity index (χ2v) is 10.6. The van der Waals surface area contributed by atoms with Crippen molar-refractivity contribution < 1.29 is 4.42 Å². The SMILES string of the molecule is [C-]#[N+]c1cccc2c1oc1ccc3c(c4ccccc4n3-c3cccc(-n4c5ccccc5c5cc(C#N)ccc54)n3)c12. The van der Waals surface area contributed by atoms with Crippen molar-refractivity contribution in [2.75, 3.05) is 0 Å². The van der Waals surface area contributed by atoms with Crippen LogP contribution in [0.15, 0.2) is 120 Å². The molecule has 0 bridgehead atoms. The average molecular weight is 550 g/mol. The van der Waals surface area contributed by atoms with Gasteiger partial charge in [-0.15, -0.1) is 0 Å². The van der Waals surface area contributed by atoms with Gasteiger partial charge < -0.3 is 4.42 Å². The number of fused-ring (bicyclic) bond motifs is 10. The van der Waals surface area contributed by atoms with E-state index < -0.39 is 0 Å². The Hall–Kier alpha value is -6.37. The largest absolute Gasteiger partial charge is 0.467 e. The molecule has 0 saturated heterocycles. The second-order valence-electron chi connectivity index (χ2n) is 10.6. The number of benzene rings is 5. The molecule has 43 heavy (non-hydrogen) atoms. The van der Waals surface area contributed by atoms with E-state index in [-0.39, 0.29) is 0 Å². The molecule has 0 spiro atoms. The van der Waals surface area contributed by atoms with Gasteiger partial charge in [-0.05, 0) is 54.6 Å². The van der Waals surface area contributed by atoms with E-state index in [9.17, 15) is 5.26 Å². The summed E-state index contributed by atoms with van der Waals surface area (Å²) in [6, 6.07) is 40.6. The highest BCUT2D eigenvalue weighted by Gasteiger charge is 2.21. The van der Waals surface area contributed by atoms with Gasteiger partial charge in [-0.1, -0.05) is 60.7 Å². The molecule has 4 aromatic heterocycles. The molecule has 0 amide bonds. The van der Waals surface area contributed by atoms with Crippen molar-refractivity contribution in [3.05, 3.63) is 132 Å². The first kappa shape index (κ1) is 23.3. The topological polar surface area (TPSA) is 64.0 Å². The van der Waals surface area contributed by atoms with Crippen molar-refractivity contribution in [2.45, 2.75) is 0 Å². The Bertz CT molecular complexity index is 2710.